The molecule has 0 fully saturated rings. The van der Waals surface area contributed by atoms with E-state index in [1.54, 1.807) is 0 Å². The molecule has 100 valence electrons. The van der Waals surface area contributed by atoms with Crippen LogP contribution in [0.2, 0.25) is 0 Å². The predicted octanol–water partition coefficient (Wildman–Crippen LogP) is 3.02. The molecule has 1 N–H and O–H groups in total. The van der Waals surface area contributed by atoms with Crippen molar-refractivity contribution in [2.24, 2.45) is 0 Å². The third-order valence-electron chi connectivity index (χ3n) is 2.72. The van der Waals surface area contributed by atoms with Gasteiger partial charge >= 0.3 is 5.97 Å². The van der Waals surface area contributed by atoms with Gasteiger partial charge in [0.15, 0.2) is 0 Å². The van der Waals surface area contributed by atoms with Crippen LogP contribution in [0.1, 0.15) is 11.6 Å². The second-order valence-corrected chi connectivity index (χ2v) is 4.11. The molecule has 0 amide bonds. The van der Waals surface area contributed by atoms with Gasteiger partial charge in [-0.2, -0.15) is 0 Å². The predicted molar refractivity (Wildman–Crippen MR) is 79.0 cm³/mol. The van der Waals surface area contributed by atoms with E-state index in [0.29, 0.717) is 0 Å². The van der Waals surface area contributed by atoms with Gasteiger partial charge in [-0.3, -0.25) is 0 Å². The van der Waals surface area contributed by atoms with Crippen molar-refractivity contribution >= 4 is 11.7 Å². The maximum atomic E-state index is 11.2. The smallest absolute Gasteiger partial charge is 0.384 e. The maximum Gasteiger partial charge on any atom is 0.384 e. The SMILES string of the molecule is COC(=O)C#CC(Nc1ccccc1)c1ccccc1. The number of benzene rings is 2. The standard InChI is InChI=1S/C17H15NO2/c1-20-17(19)13-12-16(14-8-4-2-5-9-14)18-15-10-6-3-7-11-15/h2-11,16,18H,1H3. The highest BCUT2D eigenvalue weighted by Gasteiger charge is 2.08. The largest absolute Gasteiger partial charge is 0.459 e. The van der Waals surface area contributed by atoms with Crippen LogP contribution in [0.15, 0.2) is 60.7 Å². The Hall–Kier alpha value is -2.73. The van der Waals surface area contributed by atoms with Crippen LogP contribution in [-0.4, -0.2) is 13.1 Å². The second kappa shape index (κ2) is 7.01. The topological polar surface area (TPSA) is 38.3 Å². The monoisotopic (exact) mass is 265 g/mol. The Morgan fingerprint density at radius 3 is 2.25 bits per heavy atom. The zero-order valence-corrected chi connectivity index (χ0v) is 11.2. The van der Waals surface area contributed by atoms with Crippen LogP contribution in [0.4, 0.5) is 5.69 Å². The molecule has 2 aromatic rings. The molecule has 2 rings (SSSR count). The van der Waals surface area contributed by atoms with E-state index >= 15 is 0 Å². The molecule has 0 bridgehead atoms. The molecule has 0 saturated carbocycles. The van der Waals surface area contributed by atoms with Crippen LogP contribution in [0.5, 0.6) is 0 Å². The molecular formula is C17H15NO2. The third-order valence-corrected chi connectivity index (χ3v) is 2.72. The molecule has 20 heavy (non-hydrogen) atoms. The van der Waals surface area contributed by atoms with Crippen LogP contribution in [0.25, 0.3) is 0 Å². The summed E-state index contributed by atoms with van der Waals surface area (Å²) >= 11 is 0. The number of esters is 1. The number of para-hydroxylation sites is 1. The summed E-state index contributed by atoms with van der Waals surface area (Å²) in [5.74, 6) is 4.84. The number of carbonyl (C=O) groups excluding carboxylic acids is 1. The van der Waals surface area contributed by atoms with E-state index in [2.05, 4.69) is 21.9 Å². The second-order valence-electron chi connectivity index (χ2n) is 4.11. The van der Waals surface area contributed by atoms with Gasteiger partial charge in [0.1, 0.15) is 6.04 Å². The first kappa shape index (κ1) is 13.7. The van der Waals surface area contributed by atoms with Crippen LogP contribution in [-0.2, 0) is 9.53 Å². The number of anilines is 1. The Bertz CT molecular complexity index is 612. The normalized spacial score (nSPS) is 10.8. The maximum absolute atomic E-state index is 11.2. The summed E-state index contributed by atoms with van der Waals surface area (Å²) in [5, 5.41) is 3.29. The summed E-state index contributed by atoms with van der Waals surface area (Å²) < 4.78 is 4.55. The Kier molecular flexibility index (Phi) is 4.80. The number of carbonyl (C=O) groups is 1. The van der Waals surface area contributed by atoms with Crippen LogP contribution in [0.3, 0.4) is 0 Å². The van der Waals surface area contributed by atoms with Crippen molar-refractivity contribution in [1.29, 1.82) is 0 Å². The van der Waals surface area contributed by atoms with Gasteiger partial charge in [0, 0.05) is 11.6 Å². The molecule has 0 aliphatic rings. The average molecular weight is 265 g/mol. The zero-order valence-electron chi connectivity index (χ0n) is 11.2. The van der Waals surface area contributed by atoms with Gasteiger partial charge in [0.05, 0.1) is 7.11 Å². The van der Waals surface area contributed by atoms with Gasteiger partial charge in [-0.05, 0) is 17.7 Å². The summed E-state index contributed by atoms with van der Waals surface area (Å²) in [6, 6.07) is 19.2. The average Bonchev–Trinajstić information content (AvgIpc) is 2.53. The lowest BCUT2D eigenvalue weighted by Gasteiger charge is -2.14. The quantitative estimate of drug-likeness (QED) is 0.526. The molecule has 1 atom stereocenters. The number of methoxy groups -OCH3 is 1. The van der Waals surface area contributed by atoms with E-state index in [4.69, 9.17) is 0 Å². The minimum absolute atomic E-state index is 0.266. The van der Waals surface area contributed by atoms with Crippen LogP contribution in [0, 0.1) is 11.8 Å². The van der Waals surface area contributed by atoms with Gasteiger partial charge in [-0.15, -0.1) is 0 Å². The van der Waals surface area contributed by atoms with Gasteiger partial charge in [-0.25, -0.2) is 4.79 Å². The highest BCUT2D eigenvalue weighted by atomic mass is 16.5. The molecule has 3 heteroatoms. The number of ether oxygens (including phenoxy) is 1. The van der Waals surface area contributed by atoms with Gasteiger partial charge in [0.2, 0.25) is 0 Å². The fourth-order valence-electron chi connectivity index (χ4n) is 1.73. The Labute approximate surface area is 118 Å². The molecule has 0 aliphatic carbocycles. The summed E-state index contributed by atoms with van der Waals surface area (Å²) in [4.78, 5) is 11.2. The first-order valence-corrected chi connectivity index (χ1v) is 6.25. The highest BCUT2D eigenvalue weighted by Crippen LogP contribution is 2.18. The van der Waals surface area contributed by atoms with Gasteiger partial charge in [0.25, 0.3) is 0 Å². The number of nitrogens with one attached hydrogen (secondary N) is 1. The van der Waals surface area contributed by atoms with Gasteiger partial charge in [-0.1, -0.05) is 54.5 Å². The van der Waals surface area contributed by atoms with Crippen molar-refractivity contribution in [3.8, 4) is 11.8 Å². The Morgan fingerprint density at radius 1 is 1.05 bits per heavy atom. The van der Waals surface area contributed by atoms with E-state index in [0.717, 1.165) is 11.3 Å². The lowest BCUT2D eigenvalue weighted by Crippen LogP contribution is -2.09. The highest BCUT2D eigenvalue weighted by molar-refractivity contribution is 5.88. The number of hydrogen-bond acceptors (Lipinski definition) is 3. The molecule has 0 heterocycles. The molecule has 0 aromatic heterocycles. The first-order chi connectivity index (χ1) is 9.79. The molecule has 3 nitrogen and oxygen atoms in total. The van der Waals surface area contributed by atoms with Crippen molar-refractivity contribution in [3.05, 3.63) is 66.2 Å². The minimum Gasteiger partial charge on any atom is -0.459 e. The van der Waals surface area contributed by atoms with E-state index in [1.807, 2.05) is 60.7 Å². The lowest BCUT2D eigenvalue weighted by atomic mass is 10.1. The van der Waals surface area contributed by atoms with E-state index in [1.165, 1.54) is 7.11 Å². The van der Waals surface area contributed by atoms with Crippen LogP contribution >= 0.6 is 0 Å². The van der Waals surface area contributed by atoms with Crippen molar-refractivity contribution < 1.29 is 9.53 Å². The molecule has 1 unspecified atom stereocenters. The number of hydrogen-bond donors (Lipinski definition) is 1. The summed E-state index contributed by atoms with van der Waals surface area (Å²) in [7, 11) is 1.32. The molecule has 0 radical (unpaired) electrons. The summed E-state index contributed by atoms with van der Waals surface area (Å²) in [5.41, 5.74) is 1.94. The van der Waals surface area contributed by atoms with Crippen molar-refractivity contribution in [2.45, 2.75) is 6.04 Å². The first-order valence-electron chi connectivity index (χ1n) is 6.25. The Balaban J connectivity index is 2.24. The fraction of sp³-hybridized carbons (Fsp3) is 0.118. The molecule has 0 aliphatic heterocycles. The number of rotatable bonds is 3. The summed E-state index contributed by atoms with van der Waals surface area (Å²) in [6.45, 7) is 0. The zero-order chi connectivity index (χ0) is 14.2. The molecule has 2 aromatic carbocycles. The van der Waals surface area contributed by atoms with Gasteiger partial charge < -0.3 is 10.1 Å². The van der Waals surface area contributed by atoms with E-state index in [-0.39, 0.29) is 6.04 Å². The molecule has 0 saturated heterocycles. The van der Waals surface area contributed by atoms with Crippen molar-refractivity contribution in [3.63, 3.8) is 0 Å². The fourth-order valence-corrected chi connectivity index (χ4v) is 1.73. The van der Waals surface area contributed by atoms with E-state index in [9.17, 15) is 4.79 Å². The molecular weight excluding hydrogens is 250 g/mol. The third kappa shape index (κ3) is 3.89. The van der Waals surface area contributed by atoms with Crippen molar-refractivity contribution in [2.75, 3.05) is 12.4 Å². The van der Waals surface area contributed by atoms with E-state index < -0.39 is 5.97 Å². The molecule has 0 spiro atoms. The van der Waals surface area contributed by atoms with Crippen LogP contribution < -0.4 is 5.32 Å². The van der Waals surface area contributed by atoms with Crippen molar-refractivity contribution in [1.82, 2.24) is 0 Å². The Morgan fingerprint density at radius 2 is 1.65 bits per heavy atom. The lowest BCUT2D eigenvalue weighted by molar-refractivity contribution is -0.133. The minimum atomic E-state index is -0.541. The summed E-state index contributed by atoms with van der Waals surface area (Å²) in [6.07, 6.45) is 0.